The van der Waals surface area contributed by atoms with Gasteiger partial charge in [-0.1, -0.05) is 46.3 Å². The molecule has 10 fully saturated rings. The van der Waals surface area contributed by atoms with Gasteiger partial charge in [0.15, 0.2) is 37.6 Å². The highest BCUT2D eigenvalue weighted by molar-refractivity contribution is 5.80. The largest absolute Gasteiger partial charge is 0.481 e. The number of esters is 1. The van der Waals surface area contributed by atoms with Crippen LogP contribution in [0.15, 0.2) is 11.6 Å². The van der Waals surface area contributed by atoms with Gasteiger partial charge in [0.05, 0.1) is 63.4 Å². The van der Waals surface area contributed by atoms with Crippen LogP contribution >= 0.6 is 0 Å². The average Bonchev–Trinajstić information content (AvgIpc) is 0.736. The summed E-state index contributed by atoms with van der Waals surface area (Å²) in [6.07, 6.45) is -45.3. The Balaban J connectivity index is 0.846. The third-order valence-corrected chi connectivity index (χ3v) is 24.7. The maximum absolute atomic E-state index is 15.7. The zero-order chi connectivity index (χ0) is 70.2. The highest BCUT2D eigenvalue weighted by atomic mass is 16.8. The number of hydrogen-bond donors (Lipinski definition) is 19. The van der Waals surface area contributed by atoms with E-state index in [1.165, 1.54) is 13.8 Å². The van der Waals surface area contributed by atoms with Gasteiger partial charge in [-0.05, 0) is 105 Å². The smallest absolute Gasteiger partial charge is 0.317 e. The Hall–Kier alpha value is -2.48. The summed E-state index contributed by atoms with van der Waals surface area (Å²) in [6, 6.07) is 0. The molecule has 96 heavy (non-hydrogen) atoms. The first-order valence-electron chi connectivity index (χ1n) is 33.2. The monoisotopic (exact) mass is 1380 g/mol. The van der Waals surface area contributed by atoms with E-state index in [9.17, 15) is 102 Å². The number of hydrogen-bond acceptors (Lipinski definition) is 32. The quantitative estimate of drug-likeness (QED) is 0.0388. The summed E-state index contributed by atoms with van der Waals surface area (Å²) in [5.41, 5.74) is -8.12. The minimum atomic E-state index is -2.21. The first kappa shape index (κ1) is 74.7. The van der Waals surface area contributed by atoms with E-state index in [1.807, 2.05) is 27.7 Å². The van der Waals surface area contributed by atoms with Crippen LogP contribution in [0, 0.1) is 50.2 Å². The molecule has 550 valence electrons. The lowest BCUT2D eigenvalue weighted by atomic mass is 9.33. The number of ether oxygens (including phenoxy) is 12. The van der Waals surface area contributed by atoms with Crippen molar-refractivity contribution in [3.63, 3.8) is 0 Å². The zero-order valence-corrected chi connectivity index (χ0v) is 54.6. The Kier molecular flexibility index (Phi) is 21.2. The first-order valence-corrected chi connectivity index (χ1v) is 33.2. The topological polar surface area (TPSA) is 529 Å². The van der Waals surface area contributed by atoms with E-state index in [0.29, 0.717) is 25.7 Å². The Labute approximate surface area is 552 Å². The van der Waals surface area contributed by atoms with Crippen LogP contribution in [-0.2, 0) is 66.4 Å². The van der Waals surface area contributed by atoms with Crippen LogP contribution < -0.4 is 0 Å². The van der Waals surface area contributed by atoms with Gasteiger partial charge in [0.1, 0.15) is 121 Å². The molecule has 0 aromatic rings. The van der Waals surface area contributed by atoms with Gasteiger partial charge < -0.3 is 154 Å². The van der Waals surface area contributed by atoms with Gasteiger partial charge in [-0.2, -0.15) is 0 Å². The lowest BCUT2D eigenvalue weighted by molar-refractivity contribution is -0.381. The molecule has 33 nitrogen and oxygen atoms in total. The van der Waals surface area contributed by atoms with Crippen molar-refractivity contribution >= 4 is 11.9 Å². The summed E-state index contributed by atoms with van der Waals surface area (Å²) in [5, 5.41) is 210. The van der Waals surface area contributed by atoms with Crippen molar-refractivity contribution in [2.24, 2.45) is 50.2 Å². The number of carboxylic acid groups (broad SMARTS) is 1. The van der Waals surface area contributed by atoms with Crippen LogP contribution in [0.25, 0.3) is 0 Å². The fraction of sp³-hybridized carbons (Fsp3) is 0.937. The van der Waals surface area contributed by atoms with Crippen LogP contribution in [0.3, 0.4) is 0 Å². The van der Waals surface area contributed by atoms with E-state index in [-0.39, 0.29) is 25.7 Å². The van der Waals surface area contributed by atoms with Crippen molar-refractivity contribution in [1.29, 1.82) is 0 Å². The second-order valence-corrected chi connectivity index (χ2v) is 30.7. The maximum atomic E-state index is 15.7. The van der Waals surface area contributed by atoms with Crippen LogP contribution in [0.4, 0.5) is 0 Å². The molecule has 5 aliphatic carbocycles. The molecule has 6 saturated heterocycles. The van der Waals surface area contributed by atoms with E-state index >= 15 is 4.79 Å². The van der Waals surface area contributed by atoms with Crippen LogP contribution in [0.1, 0.15) is 99.8 Å². The SMILES string of the molecule is C[C@@H]1O[C@@H](O[C@H]2[C@H](OC(=O)[C@]34CCC(C)(C)C[C@H]3C3=CC[C@@H]5[C@@]6(C)C[C@H](O)[C@H](O[C@@H]7O[C@H](CO)[C@@H](O)[C@H](O[C@@H]8O[C@H](CO)[C@@H](O)[C@H](O)[C@H]8O)[C@H]7O)[C@@](C)(C(=O)O)[C@@H]6CC[C@@]5(C)[C@]3(C)C[C@H]4O)OC[C@H](O)[C@@H]2O)[C@H](O)[C@H](O[C@@H]2OC[C@](O)(CO)[C@H]2O)[C@H]1O[C@@H]1OC[C@@H](O)[C@H](O)[C@H]1O. The number of fused-ring (bicyclic) bond motifs is 7. The van der Waals surface area contributed by atoms with Crippen molar-refractivity contribution in [1.82, 2.24) is 0 Å². The summed E-state index contributed by atoms with van der Waals surface area (Å²) < 4.78 is 71.1. The minimum absolute atomic E-state index is 0.0147. The van der Waals surface area contributed by atoms with Gasteiger partial charge in [-0.15, -0.1) is 0 Å². The molecule has 0 unspecified atom stereocenters. The van der Waals surface area contributed by atoms with E-state index in [0.717, 1.165) is 5.57 Å². The molecule has 0 radical (unpaired) electrons. The van der Waals surface area contributed by atoms with Gasteiger partial charge in [0, 0.05) is 0 Å². The number of carboxylic acids is 1. The molecule has 11 aliphatic rings. The molecule has 0 aromatic carbocycles. The standard InChI is InChI=1S/C63H100O33/c1-23-43(91-49-39(76)34(71)27(68)19-85-49)45(93-54-47(80)62(84,21-66)22-87-54)42(79)51(88-23)94-46-35(72)28(69)20-86-53(46)96-56(83)63-13-12-57(2,3)14-25(63)24-8-9-31-58(4)15-26(67)48(61(7,55(81)82)32(58)10-11-59(31,5)60(24,6)16-33(63)70)95-52-41(78)44(37(74)30(18-65)90-52)92-50-40(77)38(75)36(73)29(17-64)89-50/h8,23,25-54,64-80,84H,9-22H2,1-7H3,(H,81,82)/t23-,25-,26-,27+,28-,29+,30+,31+,32+,33+,34-,35-,36+,37+,38-,39+,40+,41+,42+,43-,44-,45-,46+,47-,48-,49-,50-,51-,52-,53-,54-,58+,59+,60+,61-,62+,63+/m0/s1. The van der Waals surface area contributed by atoms with Crippen molar-refractivity contribution < 1.29 is 163 Å². The van der Waals surface area contributed by atoms with Crippen molar-refractivity contribution in [3.05, 3.63) is 11.6 Å². The number of aliphatic hydroxyl groups excluding tert-OH is 17. The fourth-order valence-electron chi connectivity index (χ4n) is 18.8. The van der Waals surface area contributed by atoms with Gasteiger partial charge in [0.2, 0.25) is 6.29 Å². The second kappa shape index (κ2) is 27.3. The van der Waals surface area contributed by atoms with Crippen molar-refractivity contribution in [3.8, 4) is 0 Å². The number of rotatable bonds is 16. The summed E-state index contributed by atoms with van der Waals surface area (Å²) in [4.78, 5) is 29.8. The molecule has 0 amide bonds. The number of allylic oxidation sites excluding steroid dienone is 2. The molecule has 33 heteroatoms. The molecule has 0 bridgehead atoms. The Bertz CT molecular complexity index is 2780. The van der Waals surface area contributed by atoms with E-state index in [4.69, 9.17) is 56.8 Å². The van der Waals surface area contributed by atoms with Gasteiger partial charge in [0.25, 0.3) is 0 Å². The molecular weight excluding hydrogens is 1280 g/mol. The Morgan fingerprint density at radius 2 is 1.12 bits per heavy atom. The third-order valence-electron chi connectivity index (χ3n) is 24.7. The minimum Gasteiger partial charge on any atom is -0.481 e. The Morgan fingerprint density at radius 1 is 0.552 bits per heavy atom. The predicted molar refractivity (Wildman–Crippen MR) is 313 cm³/mol. The number of carbonyl (C=O) groups is 2. The molecule has 4 saturated carbocycles. The maximum Gasteiger partial charge on any atom is 0.317 e. The summed E-state index contributed by atoms with van der Waals surface area (Å²) in [7, 11) is 0. The molecule has 0 spiro atoms. The highest BCUT2D eigenvalue weighted by Gasteiger charge is 2.75. The van der Waals surface area contributed by atoms with E-state index < -0.39 is 279 Å². The van der Waals surface area contributed by atoms with Crippen molar-refractivity contribution in [2.45, 2.75) is 277 Å². The predicted octanol–water partition coefficient (Wildman–Crippen LogP) is -6.43. The zero-order valence-electron chi connectivity index (χ0n) is 54.6. The number of carbonyl (C=O) groups excluding carboxylic acids is 1. The summed E-state index contributed by atoms with van der Waals surface area (Å²) >= 11 is 0. The normalized spacial score (nSPS) is 55.0. The van der Waals surface area contributed by atoms with Gasteiger partial charge in [-0.3, -0.25) is 9.59 Å². The fourth-order valence-corrected chi connectivity index (χ4v) is 18.8. The van der Waals surface area contributed by atoms with Gasteiger partial charge in [-0.25, -0.2) is 0 Å². The molecule has 19 N–H and O–H groups in total. The molecule has 37 atom stereocenters. The van der Waals surface area contributed by atoms with Crippen LogP contribution in [-0.4, -0.2) is 326 Å². The summed E-state index contributed by atoms with van der Waals surface area (Å²) in [6.45, 7) is 8.59. The molecule has 0 aromatic heterocycles. The number of aliphatic hydroxyl groups is 18. The molecule has 6 heterocycles. The summed E-state index contributed by atoms with van der Waals surface area (Å²) in [5.74, 6) is -4.18. The van der Waals surface area contributed by atoms with Crippen LogP contribution in [0.5, 0.6) is 0 Å². The third kappa shape index (κ3) is 12.1. The average molecular weight is 1390 g/mol. The highest BCUT2D eigenvalue weighted by Crippen LogP contribution is 2.76. The van der Waals surface area contributed by atoms with Gasteiger partial charge >= 0.3 is 11.9 Å². The molecule has 6 aliphatic heterocycles. The van der Waals surface area contributed by atoms with E-state index in [1.54, 1.807) is 0 Å². The molecular formula is C63H100O33. The lowest BCUT2D eigenvalue weighted by Crippen LogP contribution is -2.71. The second-order valence-electron chi connectivity index (χ2n) is 30.7. The molecule has 11 rings (SSSR count). The number of aliphatic carboxylic acids is 1. The lowest BCUT2D eigenvalue weighted by Gasteiger charge is -2.71. The van der Waals surface area contributed by atoms with Crippen LogP contribution in [0.2, 0.25) is 0 Å². The van der Waals surface area contributed by atoms with E-state index in [2.05, 4.69) is 13.0 Å². The Morgan fingerprint density at radius 3 is 1.76 bits per heavy atom. The first-order chi connectivity index (χ1) is 44.9. The van der Waals surface area contributed by atoms with Crippen molar-refractivity contribution in [2.75, 3.05) is 39.6 Å².